The van der Waals surface area contributed by atoms with Gasteiger partial charge in [-0.15, -0.1) is 0 Å². The van der Waals surface area contributed by atoms with E-state index in [0.29, 0.717) is 30.8 Å². The van der Waals surface area contributed by atoms with E-state index in [1.165, 1.54) is 18.5 Å². The van der Waals surface area contributed by atoms with Gasteiger partial charge in [0.05, 0.1) is 11.8 Å². The number of fused-ring (bicyclic) bond motifs is 1. The van der Waals surface area contributed by atoms with Gasteiger partial charge < -0.3 is 16.2 Å². The van der Waals surface area contributed by atoms with Crippen molar-refractivity contribution in [2.75, 3.05) is 18.4 Å². The first-order chi connectivity index (χ1) is 13.0. The fourth-order valence-electron chi connectivity index (χ4n) is 3.37. The van der Waals surface area contributed by atoms with Crippen molar-refractivity contribution < 1.29 is 13.9 Å². The third-order valence-electron chi connectivity index (χ3n) is 4.85. The Hall–Kier alpha value is -2.62. The van der Waals surface area contributed by atoms with Gasteiger partial charge in [-0.3, -0.25) is 4.90 Å². The van der Waals surface area contributed by atoms with Crippen LogP contribution < -0.4 is 11.1 Å². The second-order valence-electron chi connectivity index (χ2n) is 6.72. The van der Waals surface area contributed by atoms with Gasteiger partial charge in [-0.1, -0.05) is 6.07 Å². The van der Waals surface area contributed by atoms with Crippen LogP contribution in [0.2, 0.25) is 0 Å². The van der Waals surface area contributed by atoms with E-state index < -0.39 is 17.7 Å². The Morgan fingerprint density at radius 3 is 2.96 bits per heavy atom. The lowest BCUT2D eigenvalue weighted by molar-refractivity contribution is 0.0501. The highest BCUT2D eigenvalue weighted by molar-refractivity contribution is 5.76. The highest BCUT2D eigenvalue weighted by Gasteiger charge is 2.25. The molecule has 7 nitrogen and oxygen atoms in total. The summed E-state index contributed by atoms with van der Waals surface area (Å²) in [7, 11) is 0. The number of aliphatic hydroxyl groups is 1. The van der Waals surface area contributed by atoms with Gasteiger partial charge >= 0.3 is 0 Å². The maximum absolute atomic E-state index is 14.0. The van der Waals surface area contributed by atoms with Gasteiger partial charge in [0, 0.05) is 31.9 Å². The van der Waals surface area contributed by atoms with Gasteiger partial charge in [0.15, 0.2) is 17.5 Å². The first kappa shape index (κ1) is 17.8. The number of halogens is 2. The van der Waals surface area contributed by atoms with Crippen molar-refractivity contribution in [1.29, 1.82) is 0 Å². The second kappa shape index (κ2) is 7.18. The Kier molecular flexibility index (Phi) is 4.73. The van der Waals surface area contributed by atoms with Crippen molar-refractivity contribution in [3.8, 4) is 0 Å². The third-order valence-corrected chi connectivity index (χ3v) is 4.85. The summed E-state index contributed by atoms with van der Waals surface area (Å²) in [6, 6.07) is 5.63. The van der Waals surface area contributed by atoms with Crippen molar-refractivity contribution in [3.63, 3.8) is 0 Å². The van der Waals surface area contributed by atoms with Crippen LogP contribution in [0.1, 0.15) is 12.0 Å². The number of likely N-dealkylation sites (tertiary alicyclic amines) is 1. The Labute approximate surface area is 154 Å². The van der Waals surface area contributed by atoms with E-state index in [1.807, 2.05) is 6.07 Å². The van der Waals surface area contributed by atoms with Gasteiger partial charge in [0.1, 0.15) is 11.8 Å². The minimum atomic E-state index is -0.962. The van der Waals surface area contributed by atoms with E-state index in [2.05, 4.69) is 20.3 Å². The van der Waals surface area contributed by atoms with E-state index in [4.69, 9.17) is 5.73 Å². The molecular weight excluding hydrogens is 354 g/mol. The van der Waals surface area contributed by atoms with E-state index in [-0.39, 0.29) is 11.7 Å². The summed E-state index contributed by atoms with van der Waals surface area (Å²) in [5.41, 5.74) is 7.45. The molecule has 4 rings (SSSR count). The molecule has 0 radical (unpaired) electrons. The number of nitrogens with one attached hydrogen (secondary N) is 1. The molecule has 4 N–H and O–H groups in total. The van der Waals surface area contributed by atoms with Gasteiger partial charge in [-0.25, -0.2) is 18.3 Å². The highest BCUT2D eigenvalue weighted by Crippen LogP contribution is 2.26. The average molecular weight is 374 g/mol. The number of β-amino-alcohol motifs (C(OH)–C–C–N with tert-alkyl or cyclic N) is 1. The molecule has 0 unspecified atom stereocenters. The smallest absolute Gasteiger partial charge is 0.182 e. The van der Waals surface area contributed by atoms with E-state index in [1.54, 1.807) is 10.7 Å². The largest absolute Gasteiger partial charge is 0.390 e. The summed E-state index contributed by atoms with van der Waals surface area (Å²) in [5.74, 6) is -1.52. The van der Waals surface area contributed by atoms with Gasteiger partial charge in [-0.05, 0) is 30.2 Å². The number of rotatable bonds is 4. The lowest BCUT2D eigenvalue weighted by atomic mass is 10.0. The fraction of sp³-hybridized carbons (Fsp3) is 0.333. The van der Waals surface area contributed by atoms with Crippen molar-refractivity contribution >= 4 is 17.0 Å². The predicted molar refractivity (Wildman–Crippen MR) is 96.5 cm³/mol. The minimum absolute atomic E-state index is 0.00196. The molecule has 1 aliphatic rings. The van der Waals surface area contributed by atoms with Crippen LogP contribution in [0.3, 0.4) is 0 Å². The van der Waals surface area contributed by atoms with Crippen molar-refractivity contribution in [3.05, 3.63) is 54.0 Å². The zero-order valence-corrected chi connectivity index (χ0v) is 14.5. The maximum atomic E-state index is 14.0. The Bertz CT molecular complexity index is 962. The molecule has 2 atom stereocenters. The fourth-order valence-corrected chi connectivity index (χ4v) is 3.37. The van der Waals surface area contributed by atoms with Crippen LogP contribution >= 0.6 is 0 Å². The lowest BCUT2D eigenvalue weighted by Gasteiger charge is -2.33. The number of nitrogens with zero attached hydrogens (tertiary/aromatic N) is 4. The molecule has 27 heavy (non-hydrogen) atoms. The van der Waals surface area contributed by atoms with Crippen LogP contribution in [0.4, 0.5) is 20.3 Å². The monoisotopic (exact) mass is 374 g/mol. The van der Waals surface area contributed by atoms with Gasteiger partial charge in [0.2, 0.25) is 0 Å². The Morgan fingerprint density at radius 2 is 2.15 bits per heavy atom. The van der Waals surface area contributed by atoms with Gasteiger partial charge in [0.25, 0.3) is 0 Å². The summed E-state index contributed by atoms with van der Waals surface area (Å²) in [4.78, 5) is 6.31. The van der Waals surface area contributed by atoms with Crippen LogP contribution in [0.15, 0.2) is 36.8 Å². The normalized spacial score (nSPS) is 20.9. The number of benzene rings is 1. The number of piperidine rings is 1. The topological polar surface area (TPSA) is 91.7 Å². The highest BCUT2D eigenvalue weighted by atomic mass is 19.2. The van der Waals surface area contributed by atoms with Crippen LogP contribution in [-0.4, -0.2) is 49.8 Å². The molecule has 0 saturated carbocycles. The number of aliphatic hydroxyl groups excluding tert-OH is 1. The average Bonchev–Trinajstić information content (AvgIpc) is 3.06. The molecule has 0 spiro atoms. The van der Waals surface area contributed by atoms with E-state index >= 15 is 0 Å². The van der Waals surface area contributed by atoms with Crippen molar-refractivity contribution in [1.82, 2.24) is 19.5 Å². The zero-order chi connectivity index (χ0) is 19.0. The van der Waals surface area contributed by atoms with Crippen LogP contribution in [-0.2, 0) is 6.54 Å². The quantitative estimate of drug-likeness (QED) is 0.643. The molecule has 0 bridgehead atoms. The number of anilines is 2. The molecule has 1 aliphatic heterocycles. The SMILES string of the molecule is N[C@@H]1CCN(Cc2ccn3ncnc(Nc4cccc(F)c4F)c23)C[C@H]1O. The van der Waals surface area contributed by atoms with Gasteiger partial charge in [-0.2, -0.15) is 5.10 Å². The van der Waals surface area contributed by atoms with Crippen molar-refractivity contribution in [2.24, 2.45) is 5.73 Å². The summed E-state index contributed by atoms with van der Waals surface area (Å²) >= 11 is 0. The molecular formula is C18H20F2N6O. The second-order valence-corrected chi connectivity index (χ2v) is 6.72. The maximum Gasteiger partial charge on any atom is 0.182 e. The van der Waals surface area contributed by atoms with Crippen LogP contribution in [0.25, 0.3) is 5.52 Å². The number of aromatic nitrogens is 3. The molecule has 1 fully saturated rings. The van der Waals surface area contributed by atoms with Crippen molar-refractivity contribution in [2.45, 2.75) is 25.1 Å². The standard InChI is InChI=1S/C18H20F2N6O/c19-12-2-1-3-14(16(12)20)24-18-17-11(4-7-26(17)23-10-22-18)8-25-6-5-13(21)15(27)9-25/h1-4,7,10,13,15,27H,5-6,8-9,21H2,(H,22,23,24)/t13-,15-/m1/s1. The Morgan fingerprint density at radius 1 is 1.30 bits per heavy atom. The summed E-state index contributed by atoms with van der Waals surface area (Å²) in [5, 5.41) is 17.0. The predicted octanol–water partition coefficient (Wildman–Crippen LogP) is 1.64. The van der Waals surface area contributed by atoms with E-state index in [9.17, 15) is 13.9 Å². The van der Waals surface area contributed by atoms with Crippen LogP contribution in [0, 0.1) is 11.6 Å². The number of hydrogen-bond acceptors (Lipinski definition) is 6. The summed E-state index contributed by atoms with van der Waals surface area (Å²) < 4.78 is 29.2. The number of nitrogens with two attached hydrogens (primary N) is 1. The summed E-state index contributed by atoms with van der Waals surface area (Å²) in [6.07, 6.45) is 3.28. The van der Waals surface area contributed by atoms with Crippen LogP contribution in [0.5, 0.6) is 0 Å². The molecule has 0 aliphatic carbocycles. The molecule has 1 saturated heterocycles. The third kappa shape index (κ3) is 3.48. The lowest BCUT2D eigenvalue weighted by Crippen LogP contribution is -2.50. The summed E-state index contributed by atoms with van der Waals surface area (Å²) in [6.45, 7) is 1.81. The Balaban J connectivity index is 1.64. The minimum Gasteiger partial charge on any atom is -0.390 e. The molecule has 1 aromatic carbocycles. The molecule has 142 valence electrons. The molecule has 2 aromatic heterocycles. The molecule has 9 heteroatoms. The first-order valence-electron chi connectivity index (χ1n) is 8.71. The molecule has 3 heterocycles. The number of hydrogen-bond donors (Lipinski definition) is 3. The molecule has 0 amide bonds. The molecule has 3 aromatic rings. The van der Waals surface area contributed by atoms with E-state index in [0.717, 1.165) is 18.2 Å². The first-order valence-corrected chi connectivity index (χ1v) is 8.71. The zero-order valence-electron chi connectivity index (χ0n) is 14.5.